The normalized spacial score (nSPS) is 18.2. The summed E-state index contributed by atoms with van der Waals surface area (Å²) in [6.45, 7) is -0.193. The lowest BCUT2D eigenvalue weighted by Gasteiger charge is -2.30. The largest absolute Gasteiger partial charge is 0.497 e. The number of nitrogens with zero attached hydrogens (tertiary/aromatic N) is 1. The lowest BCUT2D eigenvalue weighted by molar-refractivity contribution is -0.139. The van der Waals surface area contributed by atoms with Crippen molar-refractivity contribution in [2.75, 3.05) is 14.2 Å². The minimum atomic E-state index is -4.51. The van der Waals surface area contributed by atoms with Crippen LogP contribution >= 0.6 is 0 Å². The Labute approximate surface area is 189 Å². The first-order valence-electron chi connectivity index (χ1n) is 10.6. The fourth-order valence-corrected chi connectivity index (χ4v) is 4.16. The SMILES string of the molecule is COc1ccc(C[C@]2(CCC(=O)N(C)Cc3ccccc3C(F)(F)F)CCC(=O)N2)c(F)c1. The molecule has 1 N–H and O–H groups in total. The maximum Gasteiger partial charge on any atom is 0.416 e. The van der Waals surface area contributed by atoms with Gasteiger partial charge in [-0.1, -0.05) is 24.3 Å². The van der Waals surface area contributed by atoms with E-state index < -0.39 is 23.1 Å². The Morgan fingerprint density at radius 2 is 1.91 bits per heavy atom. The Balaban J connectivity index is 1.69. The van der Waals surface area contributed by atoms with Crippen LogP contribution < -0.4 is 10.1 Å². The van der Waals surface area contributed by atoms with Crippen molar-refractivity contribution in [1.29, 1.82) is 0 Å². The summed E-state index contributed by atoms with van der Waals surface area (Å²) in [7, 11) is 2.88. The molecular weight excluding hydrogens is 440 g/mol. The fraction of sp³-hybridized carbons (Fsp3) is 0.417. The summed E-state index contributed by atoms with van der Waals surface area (Å²) in [6.07, 6.45) is -3.37. The lowest BCUT2D eigenvalue weighted by atomic mass is 9.84. The maximum absolute atomic E-state index is 14.5. The van der Waals surface area contributed by atoms with Gasteiger partial charge in [-0.05, 0) is 42.5 Å². The number of hydrogen-bond donors (Lipinski definition) is 1. The van der Waals surface area contributed by atoms with Crippen LogP contribution in [0.4, 0.5) is 17.6 Å². The molecule has 1 aliphatic heterocycles. The molecule has 2 amide bonds. The van der Waals surface area contributed by atoms with Gasteiger partial charge in [-0.15, -0.1) is 0 Å². The van der Waals surface area contributed by atoms with Gasteiger partial charge in [-0.25, -0.2) is 4.39 Å². The van der Waals surface area contributed by atoms with Crippen molar-refractivity contribution in [3.63, 3.8) is 0 Å². The predicted octanol–water partition coefficient (Wildman–Crippen LogP) is 4.48. The van der Waals surface area contributed by atoms with Gasteiger partial charge >= 0.3 is 6.18 Å². The molecule has 178 valence electrons. The molecule has 1 fully saturated rings. The van der Waals surface area contributed by atoms with Gasteiger partial charge in [0, 0.05) is 38.0 Å². The van der Waals surface area contributed by atoms with E-state index in [-0.39, 0.29) is 49.6 Å². The number of halogens is 4. The molecule has 0 unspecified atom stereocenters. The maximum atomic E-state index is 14.5. The fourth-order valence-electron chi connectivity index (χ4n) is 4.16. The number of carbonyl (C=O) groups is 2. The summed E-state index contributed by atoms with van der Waals surface area (Å²) < 4.78 is 59.3. The number of methoxy groups -OCH3 is 1. The molecule has 0 aromatic heterocycles. The number of nitrogens with one attached hydrogen (secondary N) is 1. The van der Waals surface area contributed by atoms with E-state index in [1.54, 1.807) is 12.1 Å². The van der Waals surface area contributed by atoms with Gasteiger partial charge < -0.3 is 15.0 Å². The first kappa shape index (κ1) is 24.5. The van der Waals surface area contributed by atoms with Crippen LogP contribution in [0.25, 0.3) is 0 Å². The smallest absolute Gasteiger partial charge is 0.416 e. The van der Waals surface area contributed by atoms with Gasteiger partial charge in [-0.3, -0.25) is 9.59 Å². The van der Waals surface area contributed by atoms with E-state index in [0.29, 0.717) is 17.7 Å². The van der Waals surface area contributed by atoms with E-state index in [9.17, 15) is 27.2 Å². The van der Waals surface area contributed by atoms with Crippen molar-refractivity contribution in [2.45, 2.75) is 50.4 Å². The highest BCUT2D eigenvalue weighted by Gasteiger charge is 2.39. The number of rotatable bonds is 8. The van der Waals surface area contributed by atoms with Crippen LogP contribution in [0.2, 0.25) is 0 Å². The van der Waals surface area contributed by atoms with E-state index in [0.717, 1.165) is 6.07 Å². The zero-order chi connectivity index (χ0) is 24.2. The molecule has 3 rings (SSSR count). The summed E-state index contributed by atoms with van der Waals surface area (Å²) in [5.74, 6) is -0.634. The molecule has 1 aliphatic rings. The highest BCUT2D eigenvalue weighted by Crippen LogP contribution is 2.33. The first-order valence-corrected chi connectivity index (χ1v) is 10.6. The third-order valence-electron chi connectivity index (χ3n) is 6.00. The van der Waals surface area contributed by atoms with Crippen LogP contribution in [0.15, 0.2) is 42.5 Å². The molecule has 0 bridgehead atoms. The van der Waals surface area contributed by atoms with Crippen molar-refractivity contribution in [3.05, 3.63) is 65.0 Å². The number of amides is 2. The van der Waals surface area contributed by atoms with E-state index >= 15 is 0 Å². The molecule has 0 saturated carbocycles. The summed E-state index contributed by atoms with van der Waals surface area (Å²) in [5, 5.41) is 2.89. The monoisotopic (exact) mass is 466 g/mol. The number of hydrogen-bond acceptors (Lipinski definition) is 3. The van der Waals surface area contributed by atoms with Gasteiger partial charge in [0.2, 0.25) is 11.8 Å². The number of alkyl halides is 3. The molecule has 0 aliphatic carbocycles. The van der Waals surface area contributed by atoms with Crippen molar-refractivity contribution in [2.24, 2.45) is 0 Å². The average Bonchev–Trinajstić information content (AvgIpc) is 3.13. The Morgan fingerprint density at radius 1 is 1.18 bits per heavy atom. The second-order valence-electron chi connectivity index (χ2n) is 8.37. The van der Waals surface area contributed by atoms with Crippen LogP contribution in [0, 0.1) is 5.82 Å². The van der Waals surface area contributed by atoms with Gasteiger partial charge in [0.05, 0.1) is 12.7 Å². The average molecular weight is 466 g/mol. The van der Waals surface area contributed by atoms with Gasteiger partial charge in [-0.2, -0.15) is 13.2 Å². The van der Waals surface area contributed by atoms with Crippen LogP contribution in [-0.4, -0.2) is 36.4 Å². The number of benzene rings is 2. The zero-order valence-electron chi connectivity index (χ0n) is 18.5. The molecule has 1 atom stereocenters. The first-order chi connectivity index (χ1) is 15.5. The molecule has 5 nitrogen and oxygen atoms in total. The highest BCUT2D eigenvalue weighted by atomic mass is 19.4. The third-order valence-corrected chi connectivity index (χ3v) is 6.00. The number of ether oxygens (including phenoxy) is 1. The van der Waals surface area contributed by atoms with Crippen LogP contribution in [0.3, 0.4) is 0 Å². The molecule has 0 radical (unpaired) electrons. The summed E-state index contributed by atoms with van der Waals surface area (Å²) in [5.41, 5.74) is -1.19. The van der Waals surface area contributed by atoms with Crippen molar-refractivity contribution >= 4 is 11.8 Å². The Hall–Kier alpha value is -3.10. The van der Waals surface area contributed by atoms with Crippen molar-refractivity contribution < 1.29 is 31.9 Å². The van der Waals surface area contributed by atoms with Crippen LogP contribution in [0.5, 0.6) is 5.75 Å². The highest BCUT2D eigenvalue weighted by molar-refractivity contribution is 5.80. The molecule has 1 heterocycles. The summed E-state index contributed by atoms with van der Waals surface area (Å²) in [4.78, 5) is 25.9. The molecule has 2 aromatic rings. The third kappa shape index (κ3) is 6.03. The summed E-state index contributed by atoms with van der Waals surface area (Å²) in [6, 6.07) is 9.60. The Morgan fingerprint density at radius 3 is 2.52 bits per heavy atom. The Kier molecular flexibility index (Phi) is 7.29. The van der Waals surface area contributed by atoms with Crippen LogP contribution in [-0.2, 0) is 28.7 Å². The molecule has 9 heteroatoms. The zero-order valence-corrected chi connectivity index (χ0v) is 18.5. The molecule has 1 saturated heterocycles. The summed E-state index contributed by atoms with van der Waals surface area (Å²) >= 11 is 0. The lowest BCUT2D eigenvalue weighted by Crippen LogP contribution is -2.44. The van der Waals surface area contributed by atoms with Gasteiger partial charge in [0.25, 0.3) is 0 Å². The van der Waals surface area contributed by atoms with Crippen molar-refractivity contribution in [3.8, 4) is 5.75 Å². The molecule has 0 spiro atoms. The van der Waals surface area contributed by atoms with Gasteiger partial charge in [0.15, 0.2) is 0 Å². The molecular formula is C24H26F4N2O3. The second kappa shape index (κ2) is 9.80. The Bertz CT molecular complexity index is 1030. The standard InChI is InChI=1S/C24H26F4N2O3/c1-30(15-17-5-3-4-6-19(17)24(26,27)28)22(32)10-12-23(11-9-21(31)29-23)14-16-7-8-18(33-2)13-20(16)25/h3-8,13H,9-12,14-15H2,1-2H3,(H,29,31)/t23-/m1/s1. The quantitative estimate of drug-likeness (QED) is 0.584. The van der Waals surface area contributed by atoms with E-state index in [1.165, 1.54) is 43.3 Å². The molecule has 33 heavy (non-hydrogen) atoms. The van der Waals surface area contributed by atoms with Crippen LogP contribution in [0.1, 0.15) is 42.4 Å². The topological polar surface area (TPSA) is 58.6 Å². The second-order valence-corrected chi connectivity index (χ2v) is 8.37. The number of carbonyl (C=O) groups excluding carboxylic acids is 2. The predicted molar refractivity (Wildman–Crippen MR) is 114 cm³/mol. The molecule has 2 aromatic carbocycles. The van der Waals surface area contributed by atoms with E-state index in [1.807, 2.05) is 0 Å². The van der Waals surface area contributed by atoms with E-state index in [4.69, 9.17) is 4.74 Å². The minimum Gasteiger partial charge on any atom is -0.497 e. The minimum absolute atomic E-state index is 0.00272. The van der Waals surface area contributed by atoms with Gasteiger partial charge in [0.1, 0.15) is 11.6 Å². The van der Waals surface area contributed by atoms with E-state index in [2.05, 4.69) is 5.32 Å². The van der Waals surface area contributed by atoms with Crippen molar-refractivity contribution in [1.82, 2.24) is 10.2 Å².